The predicted octanol–water partition coefficient (Wildman–Crippen LogP) is 2.57. The Hall–Kier alpha value is -1.59. The molecule has 0 fully saturated rings. The highest BCUT2D eigenvalue weighted by atomic mass is 19.3. The molecule has 0 unspecified atom stereocenters. The van der Waals surface area contributed by atoms with Crippen molar-refractivity contribution >= 4 is 5.97 Å². The molecular formula is C11H12F3NO2. The lowest BCUT2D eigenvalue weighted by Crippen LogP contribution is -2.11. The first-order valence-corrected chi connectivity index (χ1v) is 5.05. The van der Waals surface area contributed by atoms with E-state index in [0.717, 1.165) is 0 Å². The first-order valence-electron chi connectivity index (χ1n) is 5.05. The summed E-state index contributed by atoms with van der Waals surface area (Å²) in [6.07, 6.45) is -3.38. The second kappa shape index (κ2) is 5.65. The molecule has 1 rings (SSSR count). The quantitative estimate of drug-likeness (QED) is 0.767. The van der Waals surface area contributed by atoms with Gasteiger partial charge < -0.3 is 4.74 Å². The number of carbonyl (C=O) groups excluding carboxylic acids is 1. The van der Waals surface area contributed by atoms with Gasteiger partial charge in [-0.2, -0.15) is 0 Å². The summed E-state index contributed by atoms with van der Waals surface area (Å²) in [7, 11) is 0. The van der Waals surface area contributed by atoms with E-state index in [9.17, 15) is 18.0 Å². The van der Waals surface area contributed by atoms with Crippen LogP contribution in [0.15, 0.2) is 6.07 Å². The van der Waals surface area contributed by atoms with Crippen LogP contribution < -0.4 is 0 Å². The standard InChI is InChI=1S/C11H12F3NO2/c1-3-17-8(16)5-7-4-6(2)15-10(9(7)12)11(13)14/h4,11H,3,5H2,1-2H3. The Bertz CT molecular complexity index is 421. The molecule has 6 heteroatoms. The predicted molar refractivity (Wildman–Crippen MR) is 54.2 cm³/mol. The molecule has 3 nitrogen and oxygen atoms in total. The van der Waals surface area contributed by atoms with Crippen LogP contribution in [0.3, 0.4) is 0 Å². The molecule has 0 bridgehead atoms. The zero-order chi connectivity index (χ0) is 13.0. The van der Waals surface area contributed by atoms with Gasteiger partial charge >= 0.3 is 5.97 Å². The van der Waals surface area contributed by atoms with Gasteiger partial charge in [0.25, 0.3) is 6.43 Å². The molecule has 0 atom stereocenters. The number of halogens is 3. The van der Waals surface area contributed by atoms with Gasteiger partial charge in [0, 0.05) is 11.3 Å². The number of pyridine rings is 1. The van der Waals surface area contributed by atoms with Crippen LogP contribution in [-0.4, -0.2) is 17.6 Å². The van der Waals surface area contributed by atoms with E-state index in [2.05, 4.69) is 9.72 Å². The Kier molecular flexibility index (Phi) is 4.48. The number of esters is 1. The number of nitrogens with zero attached hydrogens (tertiary/aromatic N) is 1. The van der Waals surface area contributed by atoms with Crippen LogP contribution in [-0.2, 0) is 16.0 Å². The minimum Gasteiger partial charge on any atom is -0.466 e. The van der Waals surface area contributed by atoms with Gasteiger partial charge in [0.05, 0.1) is 13.0 Å². The molecule has 0 radical (unpaired) electrons. The number of aromatic nitrogens is 1. The molecule has 0 saturated heterocycles. The third-order valence-corrected chi connectivity index (χ3v) is 2.03. The van der Waals surface area contributed by atoms with E-state index >= 15 is 0 Å². The number of aryl methyl sites for hydroxylation is 1. The molecule has 0 saturated carbocycles. The molecule has 0 N–H and O–H groups in total. The topological polar surface area (TPSA) is 39.2 Å². The van der Waals surface area contributed by atoms with Gasteiger partial charge in [-0.3, -0.25) is 4.79 Å². The van der Waals surface area contributed by atoms with Gasteiger partial charge in [0.1, 0.15) is 5.69 Å². The monoisotopic (exact) mass is 247 g/mol. The minimum absolute atomic E-state index is 0.119. The Labute approximate surface area is 96.6 Å². The van der Waals surface area contributed by atoms with Crippen LogP contribution in [0.4, 0.5) is 13.2 Å². The summed E-state index contributed by atoms with van der Waals surface area (Å²) in [6.45, 7) is 3.23. The van der Waals surface area contributed by atoms with Gasteiger partial charge in [-0.05, 0) is 19.9 Å². The number of alkyl halides is 2. The Morgan fingerprint density at radius 3 is 2.71 bits per heavy atom. The second-order valence-corrected chi connectivity index (χ2v) is 3.40. The average Bonchev–Trinajstić information content (AvgIpc) is 2.22. The lowest BCUT2D eigenvalue weighted by molar-refractivity contribution is -0.142. The van der Waals surface area contributed by atoms with Crippen LogP contribution in [0.2, 0.25) is 0 Å². The second-order valence-electron chi connectivity index (χ2n) is 3.40. The molecule has 1 heterocycles. The average molecular weight is 247 g/mol. The lowest BCUT2D eigenvalue weighted by atomic mass is 10.1. The highest BCUT2D eigenvalue weighted by molar-refractivity contribution is 5.72. The van der Waals surface area contributed by atoms with Crippen molar-refractivity contribution in [2.75, 3.05) is 6.61 Å². The SMILES string of the molecule is CCOC(=O)Cc1cc(C)nc(C(F)F)c1F. The van der Waals surface area contributed by atoms with Gasteiger partial charge in [0.2, 0.25) is 0 Å². The van der Waals surface area contributed by atoms with Crippen molar-refractivity contribution in [3.05, 3.63) is 28.8 Å². The van der Waals surface area contributed by atoms with Crippen molar-refractivity contribution < 1.29 is 22.7 Å². The number of hydrogen-bond acceptors (Lipinski definition) is 3. The van der Waals surface area contributed by atoms with Crippen LogP contribution in [0.5, 0.6) is 0 Å². The molecule has 17 heavy (non-hydrogen) atoms. The fourth-order valence-corrected chi connectivity index (χ4v) is 1.39. The fraction of sp³-hybridized carbons (Fsp3) is 0.455. The summed E-state index contributed by atoms with van der Waals surface area (Å²) < 4.78 is 43.1. The van der Waals surface area contributed by atoms with Gasteiger partial charge in [-0.15, -0.1) is 0 Å². The van der Waals surface area contributed by atoms with Gasteiger partial charge in [-0.1, -0.05) is 0 Å². The van der Waals surface area contributed by atoms with Crippen molar-refractivity contribution in [1.29, 1.82) is 0 Å². The van der Waals surface area contributed by atoms with E-state index < -0.39 is 23.9 Å². The van der Waals surface area contributed by atoms with Crippen LogP contribution >= 0.6 is 0 Å². The normalized spacial score (nSPS) is 10.7. The Morgan fingerprint density at radius 2 is 2.18 bits per heavy atom. The molecule has 1 aromatic heterocycles. The van der Waals surface area contributed by atoms with Crippen molar-refractivity contribution in [3.8, 4) is 0 Å². The van der Waals surface area contributed by atoms with Gasteiger partial charge in [0.15, 0.2) is 5.82 Å². The Morgan fingerprint density at radius 1 is 1.53 bits per heavy atom. The number of carbonyl (C=O) groups is 1. The van der Waals surface area contributed by atoms with Gasteiger partial charge in [-0.25, -0.2) is 18.2 Å². The molecule has 0 aromatic carbocycles. The van der Waals surface area contributed by atoms with E-state index in [-0.39, 0.29) is 24.3 Å². The first-order chi connectivity index (χ1) is 7.95. The zero-order valence-electron chi connectivity index (χ0n) is 9.47. The third-order valence-electron chi connectivity index (χ3n) is 2.03. The van der Waals surface area contributed by atoms with Crippen molar-refractivity contribution in [1.82, 2.24) is 4.98 Å². The third kappa shape index (κ3) is 3.44. The van der Waals surface area contributed by atoms with Crippen LogP contribution in [0.25, 0.3) is 0 Å². The molecule has 0 amide bonds. The lowest BCUT2D eigenvalue weighted by Gasteiger charge is -2.08. The van der Waals surface area contributed by atoms with E-state index in [1.807, 2.05) is 0 Å². The fourth-order valence-electron chi connectivity index (χ4n) is 1.39. The smallest absolute Gasteiger partial charge is 0.310 e. The molecule has 0 aliphatic carbocycles. The summed E-state index contributed by atoms with van der Waals surface area (Å²) >= 11 is 0. The molecule has 0 aliphatic rings. The summed E-state index contributed by atoms with van der Waals surface area (Å²) in [4.78, 5) is 14.6. The summed E-state index contributed by atoms with van der Waals surface area (Å²) in [5.41, 5.74) is -0.809. The molecule has 1 aromatic rings. The largest absolute Gasteiger partial charge is 0.466 e. The van der Waals surface area contributed by atoms with E-state index in [4.69, 9.17) is 0 Å². The summed E-state index contributed by atoms with van der Waals surface area (Å²) in [6, 6.07) is 1.26. The maximum Gasteiger partial charge on any atom is 0.310 e. The summed E-state index contributed by atoms with van der Waals surface area (Å²) in [5, 5.41) is 0. The maximum atomic E-state index is 13.6. The highest BCUT2D eigenvalue weighted by Gasteiger charge is 2.20. The van der Waals surface area contributed by atoms with E-state index in [1.54, 1.807) is 6.92 Å². The number of ether oxygens (including phenoxy) is 1. The van der Waals surface area contributed by atoms with E-state index in [0.29, 0.717) is 0 Å². The van der Waals surface area contributed by atoms with E-state index in [1.165, 1.54) is 13.0 Å². The van der Waals surface area contributed by atoms with Crippen molar-refractivity contribution in [2.45, 2.75) is 26.7 Å². The first kappa shape index (κ1) is 13.5. The maximum absolute atomic E-state index is 13.6. The molecule has 0 spiro atoms. The zero-order valence-corrected chi connectivity index (χ0v) is 9.47. The minimum atomic E-state index is -3.00. The molecule has 0 aliphatic heterocycles. The highest BCUT2D eigenvalue weighted by Crippen LogP contribution is 2.23. The summed E-state index contributed by atoms with van der Waals surface area (Å²) in [5.74, 6) is -1.80. The number of hydrogen-bond donors (Lipinski definition) is 0. The number of rotatable bonds is 4. The molecule has 94 valence electrons. The van der Waals surface area contributed by atoms with Crippen LogP contribution in [0.1, 0.15) is 30.3 Å². The van der Waals surface area contributed by atoms with Crippen LogP contribution in [0, 0.1) is 12.7 Å². The Balaban J connectivity index is 3.03. The van der Waals surface area contributed by atoms with Crippen molar-refractivity contribution in [2.24, 2.45) is 0 Å². The van der Waals surface area contributed by atoms with Crippen molar-refractivity contribution in [3.63, 3.8) is 0 Å². The molecular weight excluding hydrogens is 235 g/mol.